The van der Waals surface area contributed by atoms with Crippen LogP contribution in [-0.4, -0.2) is 5.25 Å². The van der Waals surface area contributed by atoms with Crippen LogP contribution in [0.25, 0.3) is 0 Å². The van der Waals surface area contributed by atoms with E-state index >= 15 is 0 Å². The highest BCUT2D eigenvalue weighted by Crippen LogP contribution is 2.72. The van der Waals surface area contributed by atoms with Crippen LogP contribution in [0.2, 0.25) is 0 Å². The van der Waals surface area contributed by atoms with E-state index in [-0.39, 0.29) is 0 Å². The van der Waals surface area contributed by atoms with Crippen LogP contribution in [0.5, 0.6) is 0 Å². The van der Waals surface area contributed by atoms with Crippen molar-refractivity contribution in [1.82, 2.24) is 0 Å². The minimum absolute atomic E-state index is 0.429. The zero-order valence-electron chi connectivity index (χ0n) is 12.1. The van der Waals surface area contributed by atoms with E-state index < -0.39 is 0 Å². The number of fused-ring (bicyclic) bond motifs is 1. The molecule has 0 N–H and O–H groups in total. The van der Waals surface area contributed by atoms with Gasteiger partial charge in [-0.1, -0.05) is 27.7 Å². The number of hydrogen-bond acceptors (Lipinski definition) is 2. The van der Waals surface area contributed by atoms with Crippen LogP contribution in [0.3, 0.4) is 0 Å². The molecule has 6 atom stereocenters. The third-order valence-electron chi connectivity index (χ3n) is 6.58. The standard InChI is InChI=1S/C16H25NS/c1-10(2)11-8-16(4)13-5-6-15(3,7-12(11)13)14(16)18-9-17/h10-14H,5-8H2,1-4H3/t11?,12?,13?,14?,15-,16-/m1/s1. The molecule has 4 saturated carbocycles. The molecule has 0 spiro atoms. The van der Waals surface area contributed by atoms with Gasteiger partial charge in [0, 0.05) is 5.25 Å². The molecular weight excluding hydrogens is 238 g/mol. The van der Waals surface area contributed by atoms with E-state index in [1.807, 2.05) is 0 Å². The van der Waals surface area contributed by atoms with Gasteiger partial charge in [0.1, 0.15) is 5.40 Å². The van der Waals surface area contributed by atoms with E-state index in [0.717, 1.165) is 23.7 Å². The van der Waals surface area contributed by atoms with E-state index in [9.17, 15) is 5.26 Å². The normalized spacial score (nSPS) is 53.8. The van der Waals surface area contributed by atoms with Gasteiger partial charge >= 0.3 is 0 Å². The Bertz CT molecular complexity index is 398. The summed E-state index contributed by atoms with van der Waals surface area (Å²) in [6.07, 6.45) is 5.53. The van der Waals surface area contributed by atoms with Crippen molar-refractivity contribution >= 4 is 11.8 Å². The second kappa shape index (κ2) is 3.92. The van der Waals surface area contributed by atoms with Crippen molar-refractivity contribution < 1.29 is 0 Å². The van der Waals surface area contributed by atoms with Crippen LogP contribution in [0, 0.1) is 45.2 Å². The molecule has 100 valence electrons. The third-order valence-corrected chi connectivity index (χ3v) is 8.03. The number of thioether (sulfide) groups is 1. The lowest BCUT2D eigenvalue weighted by Crippen LogP contribution is -2.55. The first-order chi connectivity index (χ1) is 8.42. The number of rotatable bonds is 2. The molecule has 0 saturated heterocycles. The lowest BCUT2D eigenvalue weighted by atomic mass is 9.50. The monoisotopic (exact) mass is 263 g/mol. The first kappa shape index (κ1) is 12.9. The Morgan fingerprint density at radius 3 is 2.61 bits per heavy atom. The molecule has 4 aliphatic carbocycles. The van der Waals surface area contributed by atoms with E-state index in [0.29, 0.717) is 16.1 Å². The average Bonchev–Trinajstić information content (AvgIpc) is 2.55. The van der Waals surface area contributed by atoms with Crippen molar-refractivity contribution in [2.24, 2.45) is 34.5 Å². The summed E-state index contributed by atoms with van der Waals surface area (Å²) in [4.78, 5) is 0. The molecule has 4 unspecified atom stereocenters. The van der Waals surface area contributed by atoms with Crippen molar-refractivity contribution in [2.45, 2.75) is 58.6 Å². The highest BCUT2D eigenvalue weighted by atomic mass is 32.2. The van der Waals surface area contributed by atoms with Gasteiger partial charge in [-0.3, -0.25) is 0 Å². The zero-order valence-corrected chi connectivity index (χ0v) is 12.9. The van der Waals surface area contributed by atoms with Gasteiger partial charge in [-0.05, 0) is 71.9 Å². The maximum absolute atomic E-state index is 9.19. The predicted octanol–water partition coefficient (Wildman–Crippen LogP) is 4.69. The van der Waals surface area contributed by atoms with Crippen LogP contribution < -0.4 is 0 Å². The van der Waals surface area contributed by atoms with Gasteiger partial charge in [0.15, 0.2) is 0 Å². The second-order valence-corrected chi connectivity index (χ2v) is 8.76. The van der Waals surface area contributed by atoms with Crippen LogP contribution in [0.4, 0.5) is 0 Å². The Morgan fingerprint density at radius 1 is 1.28 bits per heavy atom. The Morgan fingerprint density at radius 2 is 2.00 bits per heavy atom. The fourth-order valence-corrected chi connectivity index (χ4v) is 7.10. The van der Waals surface area contributed by atoms with Crippen molar-refractivity contribution in [1.29, 1.82) is 5.26 Å². The SMILES string of the molecule is CC(C)C1C[C@]2(C)C3CC[C@](C)(CC13)C2SC#N. The highest BCUT2D eigenvalue weighted by Gasteiger charge is 2.66. The van der Waals surface area contributed by atoms with E-state index in [4.69, 9.17) is 0 Å². The largest absolute Gasteiger partial charge is 0.185 e. The quantitative estimate of drug-likeness (QED) is 0.675. The van der Waals surface area contributed by atoms with Crippen LogP contribution in [-0.2, 0) is 0 Å². The Labute approximate surface area is 116 Å². The molecule has 0 aromatic carbocycles. The molecular formula is C16H25NS. The number of thiocyanates is 1. The Balaban J connectivity index is 2.01. The number of nitriles is 1. The summed E-state index contributed by atoms with van der Waals surface area (Å²) in [7, 11) is 0. The minimum Gasteiger partial charge on any atom is -0.185 e. The third kappa shape index (κ3) is 1.46. The molecule has 4 bridgehead atoms. The summed E-state index contributed by atoms with van der Waals surface area (Å²) in [6.45, 7) is 9.76. The van der Waals surface area contributed by atoms with Gasteiger partial charge in [-0.15, -0.1) is 0 Å². The maximum atomic E-state index is 9.19. The minimum atomic E-state index is 0.429. The Hall–Kier alpha value is -0.160. The Kier molecular flexibility index (Phi) is 2.80. The lowest BCUT2D eigenvalue weighted by Gasteiger charge is -2.59. The highest BCUT2D eigenvalue weighted by molar-refractivity contribution is 8.04. The maximum Gasteiger partial charge on any atom is 0.133 e. The molecule has 4 rings (SSSR count). The number of hydrogen-bond donors (Lipinski definition) is 0. The molecule has 4 aliphatic rings. The average molecular weight is 263 g/mol. The molecule has 0 amide bonds. The summed E-state index contributed by atoms with van der Waals surface area (Å²) in [5, 5.41) is 12.2. The topological polar surface area (TPSA) is 23.8 Å². The van der Waals surface area contributed by atoms with Gasteiger partial charge in [-0.2, -0.15) is 5.26 Å². The van der Waals surface area contributed by atoms with Crippen molar-refractivity contribution in [3.63, 3.8) is 0 Å². The van der Waals surface area contributed by atoms with Crippen LogP contribution in [0.15, 0.2) is 0 Å². The van der Waals surface area contributed by atoms with E-state index in [1.54, 1.807) is 11.8 Å². The second-order valence-electron chi connectivity index (χ2n) is 7.87. The first-order valence-electron chi connectivity index (χ1n) is 7.47. The summed E-state index contributed by atoms with van der Waals surface area (Å²) >= 11 is 1.59. The molecule has 1 nitrogen and oxygen atoms in total. The van der Waals surface area contributed by atoms with Gasteiger partial charge in [0.2, 0.25) is 0 Å². The molecule has 18 heavy (non-hydrogen) atoms. The molecule has 0 aliphatic heterocycles. The molecule has 4 fully saturated rings. The molecule has 0 aromatic heterocycles. The van der Waals surface area contributed by atoms with Crippen molar-refractivity contribution in [2.75, 3.05) is 0 Å². The van der Waals surface area contributed by atoms with Crippen molar-refractivity contribution in [3.05, 3.63) is 0 Å². The first-order valence-corrected chi connectivity index (χ1v) is 8.35. The molecule has 2 heteroatoms. The summed E-state index contributed by atoms with van der Waals surface area (Å²) in [6, 6.07) is 0. The fourth-order valence-electron chi connectivity index (χ4n) is 5.96. The van der Waals surface area contributed by atoms with Crippen molar-refractivity contribution in [3.8, 4) is 5.40 Å². The fraction of sp³-hybridized carbons (Fsp3) is 0.938. The molecule has 0 heterocycles. The summed E-state index contributed by atoms with van der Waals surface area (Å²) in [5.41, 5.74) is 0.865. The van der Waals surface area contributed by atoms with Gasteiger partial charge in [0.05, 0.1) is 0 Å². The van der Waals surface area contributed by atoms with Crippen LogP contribution >= 0.6 is 11.8 Å². The summed E-state index contributed by atoms with van der Waals surface area (Å²) in [5.74, 6) is 3.57. The smallest absolute Gasteiger partial charge is 0.133 e. The van der Waals surface area contributed by atoms with E-state index in [1.165, 1.54) is 25.7 Å². The molecule has 0 aromatic rings. The van der Waals surface area contributed by atoms with Gasteiger partial charge in [0.25, 0.3) is 0 Å². The van der Waals surface area contributed by atoms with Gasteiger partial charge in [-0.25, -0.2) is 0 Å². The van der Waals surface area contributed by atoms with E-state index in [2.05, 4.69) is 33.1 Å². The van der Waals surface area contributed by atoms with Crippen LogP contribution in [0.1, 0.15) is 53.4 Å². The van der Waals surface area contributed by atoms with Gasteiger partial charge < -0.3 is 0 Å². The zero-order chi connectivity index (χ0) is 13.1. The summed E-state index contributed by atoms with van der Waals surface area (Å²) < 4.78 is 0. The lowest BCUT2D eigenvalue weighted by molar-refractivity contribution is -0.0351. The number of nitrogens with zero attached hydrogens (tertiary/aromatic N) is 1. The molecule has 0 radical (unpaired) electrons. The predicted molar refractivity (Wildman–Crippen MR) is 77.0 cm³/mol.